The van der Waals surface area contributed by atoms with Gasteiger partial charge in [-0.2, -0.15) is 4.98 Å². The molecule has 1 fully saturated rings. The van der Waals surface area contributed by atoms with E-state index in [4.69, 9.17) is 0 Å². The molecular formula is C24H33FN6O. The second kappa shape index (κ2) is 11.0. The number of carbonyl (C=O) groups is 1. The first-order valence-electron chi connectivity index (χ1n) is 11.3. The SMILES string of the molecule is C=CC(=O)N1CCCC(Nc2nc(Nc3ccc4c(c3)CN(C)CC4)ncc2F)C1.CC. The number of hydrogen-bond acceptors (Lipinski definition) is 6. The highest BCUT2D eigenvalue weighted by atomic mass is 19.1. The van der Waals surface area contributed by atoms with Crippen molar-refractivity contribution in [2.24, 2.45) is 0 Å². The van der Waals surface area contributed by atoms with E-state index in [0.717, 1.165) is 38.0 Å². The minimum atomic E-state index is -0.514. The summed E-state index contributed by atoms with van der Waals surface area (Å²) in [5.41, 5.74) is 3.52. The van der Waals surface area contributed by atoms with Crippen molar-refractivity contribution in [1.29, 1.82) is 0 Å². The van der Waals surface area contributed by atoms with Gasteiger partial charge in [0.25, 0.3) is 0 Å². The number of likely N-dealkylation sites (N-methyl/N-ethyl adjacent to an activating group) is 1. The molecule has 172 valence electrons. The van der Waals surface area contributed by atoms with Crippen molar-refractivity contribution >= 4 is 23.4 Å². The van der Waals surface area contributed by atoms with Gasteiger partial charge < -0.3 is 20.4 Å². The van der Waals surface area contributed by atoms with E-state index in [1.807, 2.05) is 19.9 Å². The molecule has 32 heavy (non-hydrogen) atoms. The molecule has 1 saturated heterocycles. The first kappa shape index (κ1) is 23.7. The average molecular weight is 441 g/mol. The fourth-order valence-electron chi connectivity index (χ4n) is 4.05. The highest BCUT2D eigenvalue weighted by molar-refractivity contribution is 5.87. The van der Waals surface area contributed by atoms with Gasteiger partial charge in [0.15, 0.2) is 11.6 Å². The lowest BCUT2D eigenvalue weighted by Gasteiger charge is -2.32. The maximum absolute atomic E-state index is 14.3. The Morgan fingerprint density at radius 2 is 2.09 bits per heavy atom. The van der Waals surface area contributed by atoms with E-state index < -0.39 is 5.82 Å². The van der Waals surface area contributed by atoms with Crippen molar-refractivity contribution in [2.45, 2.75) is 45.7 Å². The van der Waals surface area contributed by atoms with Crippen LogP contribution >= 0.6 is 0 Å². The number of rotatable bonds is 5. The van der Waals surface area contributed by atoms with Gasteiger partial charge in [0.2, 0.25) is 11.9 Å². The predicted octanol–water partition coefficient (Wildman–Crippen LogP) is 3.96. The largest absolute Gasteiger partial charge is 0.363 e. The molecule has 2 N–H and O–H groups in total. The van der Waals surface area contributed by atoms with Gasteiger partial charge in [0.1, 0.15) is 0 Å². The molecule has 1 atom stereocenters. The zero-order valence-corrected chi connectivity index (χ0v) is 19.2. The monoisotopic (exact) mass is 440 g/mol. The molecule has 3 heterocycles. The number of amides is 1. The third-order valence-corrected chi connectivity index (χ3v) is 5.66. The van der Waals surface area contributed by atoms with Crippen LogP contribution in [0, 0.1) is 5.82 Å². The minimum Gasteiger partial charge on any atom is -0.363 e. The van der Waals surface area contributed by atoms with Crippen LogP contribution in [0.2, 0.25) is 0 Å². The second-order valence-corrected chi connectivity index (χ2v) is 7.96. The number of likely N-dealkylation sites (tertiary alicyclic amines) is 1. The van der Waals surface area contributed by atoms with Gasteiger partial charge >= 0.3 is 0 Å². The molecule has 2 aromatic rings. The minimum absolute atomic E-state index is 0.0702. The number of benzene rings is 1. The quantitative estimate of drug-likeness (QED) is 0.686. The fourth-order valence-corrected chi connectivity index (χ4v) is 4.05. The topological polar surface area (TPSA) is 73.4 Å². The van der Waals surface area contributed by atoms with Crippen LogP contribution in [0.15, 0.2) is 37.1 Å². The molecule has 0 saturated carbocycles. The molecule has 0 aliphatic carbocycles. The number of carbonyl (C=O) groups excluding carboxylic acids is 1. The van der Waals surface area contributed by atoms with Crippen LogP contribution in [-0.4, -0.2) is 58.4 Å². The third kappa shape index (κ3) is 5.82. The van der Waals surface area contributed by atoms with Crippen LogP contribution in [0.1, 0.15) is 37.8 Å². The summed E-state index contributed by atoms with van der Waals surface area (Å²) in [6.07, 6.45) is 5.20. The maximum atomic E-state index is 14.3. The summed E-state index contributed by atoms with van der Waals surface area (Å²) in [5, 5.41) is 6.32. The number of halogens is 1. The first-order valence-corrected chi connectivity index (χ1v) is 11.3. The number of nitrogens with one attached hydrogen (secondary N) is 2. The molecule has 1 amide bonds. The highest BCUT2D eigenvalue weighted by Crippen LogP contribution is 2.24. The van der Waals surface area contributed by atoms with E-state index in [-0.39, 0.29) is 17.8 Å². The Morgan fingerprint density at radius 1 is 1.28 bits per heavy atom. The summed E-state index contributed by atoms with van der Waals surface area (Å²) in [4.78, 5) is 24.3. The summed E-state index contributed by atoms with van der Waals surface area (Å²) < 4.78 is 14.3. The van der Waals surface area contributed by atoms with E-state index in [2.05, 4.69) is 51.3 Å². The van der Waals surface area contributed by atoms with Crippen LogP contribution in [0.3, 0.4) is 0 Å². The fraction of sp³-hybridized carbons (Fsp3) is 0.458. The molecule has 0 bridgehead atoms. The molecule has 1 aromatic heterocycles. The smallest absolute Gasteiger partial charge is 0.246 e. The number of nitrogens with zero attached hydrogens (tertiary/aromatic N) is 4. The number of fused-ring (bicyclic) bond motifs is 1. The van der Waals surface area contributed by atoms with Crippen LogP contribution in [0.25, 0.3) is 0 Å². The van der Waals surface area contributed by atoms with E-state index in [1.165, 1.54) is 23.4 Å². The van der Waals surface area contributed by atoms with E-state index in [1.54, 1.807) is 4.90 Å². The Hall–Kier alpha value is -3.00. The standard InChI is InChI=1S/C22H27FN6O.C2H6/c1-3-20(30)29-9-4-5-18(14-29)25-21-19(23)12-24-22(27-21)26-17-7-6-15-8-10-28(2)13-16(15)11-17;1-2/h3,6-7,11-12,18H,1,4-5,8-10,13-14H2,2H3,(H2,24,25,26,27);1-2H3. The van der Waals surface area contributed by atoms with Gasteiger partial charge in [0.05, 0.1) is 6.20 Å². The van der Waals surface area contributed by atoms with Gasteiger partial charge in [-0.25, -0.2) is 9.37 Å². The molecule has 2 aliphatic heterocycles. The molecule has 7 nitrogen and oxygen atoms in total. The maximum Gasteiger partial charge on any atom is 0.246 e. The number of piperidine rings is 1. The zero-order chi connectivity index (χ0) is 23.1. The molecule has 1 aromatic carbocycles. The van der Waals surface area contributed by atoms with Crippen LogP contribution < -0.4 is 10.6 Å². The van der Waals surface area contributed by atoms with Crippen molar-refractivity contribution in [3.8, 4) is 0 Å². The van der Waals surface area contributed by atoms with Gasteiger partial charge in [0, 0.05) is 37.9 Å². The molecule has 1 unspecified atom stereocenters. The second-order valence-electron chi connectivity index (χ2n) is 7.96. The first-order chi connectivity index (χ1) is 15.5. The third-order valence-electron chi connectivity index (χ3n) is 5.66. The number of hydrogen-bond donors (Lipinski definition) is 2. The molecule has 4 rings (SSSR count). The van der Waals surface area contributed by atoms with Crippen LogP contribution in [0.5, 0.6) is 0 Å². The highest BCUT2D eigenvalue weighted by Gasteiger charge is 2.23. The van der Waals surface area contributed by atoms with Gasteiger partial charge in [-0.05, 0) is 55.6 Å². The van der Waals surface area contributed by atoms with Crippen molar-refractivity contribution in [3.63, 3.8) is 0 Å². The lowest BCUT2D eigenvalue weighted by molar-refractivity contribution is -0.127. The van der Waals surface area contributed by atoms with Crippen LogP contribution in [-0.2, 0) is 17.8 Å². The Bertz CT molecular complexity index is 950. The predicted molar refractivity (Wildman–Crippen MR) is 127 cm³/mol. The summed E-state index contributed by atoms with van der Waals surface area (Å²) >= 11 is 0. The average Bonchev–Trinajstić information content (AvgIpc) is 2.82. The zero-order valence-electron chi connectivity index (χ0n) is 19.2. The molecular weight excluding hydrogens is 407 g/mol. The summed E-state index contributed by atoms with van der Waals surface area (Å²) in [6, 6.07) is 6.16. The number of aromatic nitrogens is 2. The summed E-state index contributed by atoms with van der Waals surface area (Å²) in [6.45, 7) is 10.7. The van der Waals surface area contributed by atoms with Gasteiger partial charge in [-0.3, -0.25) is 4.79 Å². The van der Waals surface area contributed by atoms with Crippen molar-refractivity contribution < 1.29 is 9.18 Å². The van der Waals surface area contributed by atoms with E-state index in [9.17, 15) is 9.18 Å². The van der Waals surface area contributed by atoms with Gasteiger partial charge in [-0.1, -0.05) is 26.5 Å². The molecule has 2 aliphatic rings. The Labute approximate surface area is 189 Å². The summed E-state index contributed by atoms with van der Waals surface area (Å²) in [7, 11) is 2.11. The summed E-state index contributed by atoms with van der Waals surface area (Å²) in [5.74, 6) is -0.147. The normalized spacial score (nSPS) is 18.1. The molecule has 8 heteroatoms. The Balaban J connectivity index is 0.00000141. The molecule has 0 spiro atoms. The lowest BCUT2D eigenvalue weighted by atomic mass is 9.99. The Morgan fingerprint density at radius 3 is 2.88 bits per heavy atom. The van der Waals surface area contributed by atoms with Crippen molar-refractivity contribution in [2.75, 3.05) is 37.3 Å². The number of anilines is 3. The van der Waals surface area contributed by atoms with Gasteiger partial charge in [-0.15, -0.1) is 0 Å². The van der Waals surface area contributed by atoms with Crippen molar-refractivity contribution in [1.82, 2.24) is 19.8 Å². The Kier molecular flexibility index (Phi) is 8.16. The molecule has 0 radical (unpaired) electrons. The van der Waals surface area contributed by atoms with E-state index >= 15 is 0 Å². The lowest BCUT2D eigenvalue weighted by Crippen LogP contribution is -2.44. The van der Waals surface area contributed by atoms with Crippen LogP contribution in [0.4, 0.5) is 21.8 Å². The van der Waals surface area contributed by atoms with Crippen molar-refractivity contribution in [3.05, 3.63) is 54.0 Å². The van der Waals surface area contributed by atoms with E-state index in [0.29, 0.717) is 19.0 Å².